The average Bonchev–Trinajstić information content (AvgIpc) is 2.38. The molecule has 0 saturated heterocycles. The van der Waals surface area contributed by atoms with Crippen molar-refractivity contribution in [3.05, 3.63) is 57.5 Å². The number of ether oxygens (including phenoxy) is 1. The normalized spacial score (nSPS) is 10.5. The molecular formula is C15H15BrClNO. The van der Waals surface area contributed by atoms with Gasteiger partial charge in [-0.05, 0) is 36.9 Å². The molecule has 0 radical (unpaired) electrons. The monoisotopic (exact) mass is 339 g/mol. The van der Waals surface area contributed by atoms with E-state index in [1.807, 2.05) is 42.5 Å². The molecule has 2 aromatic carbocycles. The lowest BCUT2D eigenvalue weighted by Crippen LogP contribution is -2.12. The van der Waals surface area contributed by atoms with Crippen molar-refractivity contribution in [2.45, 2.75) is 13.5 Å². The number of halogens is 2. The highest BCUT2D eigenvalue weighted by molar-refractivity contribution is 9.10. The van der Waals surface area contributed by atoms with Gasteiger partial charge in [-0.25, -0.2) is 0 Å². The number of nitrogens with one attached hydrogen (secondary N) is 1. The van der Waals surface area contributed by atoms with Crippen molar-refractivity contribution in [1.29, 1.82) is 0 Å². The minimum Gasteiger partial charge on any atom is -0.457 e. The van der Waals surface area contributed by atoms with E-state index in [4.69, 9.17) is 16.3 Å². The second kappa shape index (κ2) is 6.94. The van der Waals surface area contributed by atoms with E-state index in [0.29, 0.717) is 5.02 Å². The Bertz CT molecular complexity index is 560. The summed E-state index contributed by atoms with van der Waals surface area (Å²) in [5.41, 5.74) is 1.09. The van der Waals surface area contributed by atoms with Crippen LogP contribution in [0.25, 0.3) is 0 Å². The maximum atomic E-state index is 6.04. The van der Waals surface area contributed by atoms with E-state index in [1.165, 1.54) is 0 Å². The van der Waals surface area contributed by atoms with Gasteiger partial charge in [0.05, 0.1) is 0 Å². The summed E-state index contributed by atoms with van der Waals surface area (Å²) in [4.78, 5) is 0. The van der Waals surface area contributed by atoms with Crippen LogP contribution in [0.1, 0.15) is 12.5 Å². The molecule has 2 rings (SSSR count). The molecule has 0 bridgehead atoms. The van der Waals surface area contributed by atoms with E-state index in [9.17, 15) is 0 Å². The molecule has 0 spiro atoms. The van der Waals surface area contributed by atoms with Crippen LogP contribution in [0.3, 0.4) is 0 Å². The third-order valence-electron chi connectivity index (χ3n) is 2.62. The lowest BCUT2D eigenvalue weighted by atomic mass is 10.2. The van der Waals surface area contributed by atoms with E-state index in [0.717, 1.165) is 34.6 Å². The summed E-state index contributed by atoms with van der Waals surface area (Å²) in [6.07, 6.45) is 0. The topological polar surface area (TPSA) is 21.3 Å². The van der Waals surface area contributed by atoms with Crippen molar-refractivity contribution in [3.63, 3.8) is 0 Å². The molecule has 2 nitrogen and oxygen atoms in total. The Balaban J connectivity index is 2.24. The summed E-state index contributed by atoms with van der Waals surface area (Å²) in [7, 11) is 0. The molecule has 100 valence electrons. The fraction of sp³-hybridized carbons (Fsp3) is 0.200. The molecule has 0 atom stereocenters. The van der Waals surface area contributed by atoms with Crippen LogP contribution in [0.5, 0.6) is 11.5 Å². The van der Waals surface area contributed by atoms with Gasteiger partial charge in [0, 0.05) is 21.6 Å². The van der Waals surface area contributed by atoms with Gasteiger partial charge in [-0.15, -0.1) is 0 Å². The first-order valence-electron chi connectivity index (χ1n) is 6.11. The molecule has 0 fully saturated rings. The first-order valence-corrected chi connectivity index (χ1v) is 7.28. The summed E-state index contributed by atoms with van der Waals surface area (Å²) >= 11 is 9.47. The van der Waals surface area contributed by atoms with Crippen LogP contribution in [-0.4, -0.2) is 6.54 Å². The molecule has 0 saturated carbocycles. The first-order chi connectivity index (χ1) is 9.19. The summed E-state index contributed by atoms with van der Waals surface area (Å²) in [5.74, 6) is 1.57. The Hall–Kier alpha value is -1.03. The van der Waals surface area contributed by atoms with Crippen LogP contribution >= 0.6 is 27.5 Å². The predicted molar refractivity (Wildman–Crippen MR) is 83.0 cm³/mol. The van der Waals surface area contributed by atoms with Crippen molar-refractivity contribution in [2.75, 3.05) is 6.54 Å². The van der Waals surface area contributed by atoms with Crippen LogP contribution < -0.4 is 10.1 Å². The summed E-state index contributed by atoms with van der Waals surface area (Å²) in [6, 6.07) is 13.5. The molecule has 0 amide bonds. The largest absolute Gasteiger partial charge is 0.457 e. The van der Waals surface area contributed by atoms with Crippen molar-refractivity contribution in [3.8, 4) is 11.5 Å². The SMILES string of the molecule is CCNCc1ccc(Cl)cc1Oc1cccc(Br)c1. The van der Waals surface area contributed by atoms with Gasteiger partial charge in [-0.3, -0.25) is 0 Å². The van der Waals surface area contributed by atoms with Gasteiger partial charge < -0.3 is 10.1 Å². The number of hydrogen-bond donors (Lipinski definition) is 1. The zero-order valence-electron chi connectivity index (χ0n) is 10.6. The molecule has 1 N–H and O–H groups in total. The Morgan fingerprint density at radius 2 is 2.05 bits per heavy atom. The lowest BCUT2D eigenvalue weighted by Gasteiger charge is -2.12. The smallest absolute Gasteiger partial charge is 0.133 e. The number of hydrogen-bond acceptors (Lipinski definition) is 2. The van der Waals surface area contributed by atoms with Crippen LogP contribution in [-0.2, 0) is 6.54 Å². The van der Waals surface area contributed by atoms with Gasteiger partial charge in [0.25, 0.3) is 0 Å². The van der Waals surface area contributed by atoms with Crippen LogP contribution in [0.15, 0.2) is 46.9 Å². The van der Waals surface area contributed by atoms with Gasteiger partial charge in [0.15, 0.2) is 0 Å². The minimum atomic E-state index is 0.672. The van der Waals surface area contributed by atoms with Gasteiger partial charge in [0.1, 0.15) is 11.5 Å². The second-order valence-corrected chi connectivity index (χ2v) is 5.44. The van der Waals surface area contributed by atoms with Gasteiger partial charge in [0.2, 0.25) is 0 Å². The van der Waals surface area contributed by atoms with Crippen molar-refractivity contribution >= 4 is 27.5 Å². The average molecular weight is 341 g/mol. The molecule has 19 heavy (non-hydrogen) atoms. The van der Waals surface area contributed by atoms with Crippen LogP contribution in [0.2, 0.25) is 5.02 Å². The minimum absolute atomic E-state index is 0.672. The van der Waals surface area contributed by atoms with Crippen LogP contribution in [0, 0.1) is 0 Å². The van der Waals surface area contributed by atoms with Gasteiger partial charge in [-0.2, -0.15) is 0 Å². The molecule has 0 aromatic heterocycles. The first kappa shape index (κ1) is 14.4. The van der Waals surface area contributed by atoms with Crippen molar-refractivity contribution < 1.29 is 4.74 Å². The zero-order valence-corrected chi connectivity index (χ0v) is 13.0. The molecule has 0 aliphatic heterocycles. The Morgan fingerprint density at radius 1 is 1.21 bits per heavy atom. The summed E-state index contributed by atoms with van der Waals surface area (Å²) in [5, 5.41) is 3.96. The van der Waals surface area contributed by atoms with E-state index in [2.05, 4.69) is 28.2 Å². The predicted octanol–water partition coefficient (Wildman–Crippen LogP) is 5.00. The third kappa shape index (κ3) is 4.23. The van der Waals surface area contributed by atoms with E-state index < -0.39 is 0 Å². The molecule has 0 heterocycles. The Labute approximate surface area is 126 Å². The van der Waals surface area contributed by atoms with E-state index >= 15 is 0 Å². The quantitative estimate of drug-likeness (QED) is 0.826. The maximum Gasteiger partial charge on any atom is 0.133 e. The van der Waals surface area contributed by atoms with Gasteiger partial charge >= 0.3 is 0 Å². The highest BCUT2D eigenvalue weighted by Crippen LogP contribution is 2.29. The van der Waals surface area contributed by atoms with Crippen molar-refractivity contribution in [1.82, 2.24) is 5.32 Å². The Kier molecular flexibility index (Phi) is 5.25. The fourth-order valence-electron chi connectivity index (χ4n) is 1.69. The highest BCUT2D eigenvalue weighted by atomic mass is 79.9. The molecule has 0 aliphatic carbocycles. The third-order valence-corrected chi connectivity index (χ3v) is 3.35. The lowest BCUT2D eigenvalue weighted by molar-refractivity contribution is 0.473. The Morgan fingerprint density at radius 3 is 2.79 bits per heavy atom. The highest BCUT2D eigenvalue weighted by Gasteiger charge is 2.06. The molecule has 2 aromatic rings. The fourth-order valence-corrected chi connectivity index (χ4v) is 2.23. The zero-order chi connectivity index (χ0) is 13.7. The molecule has 0 aliphatic rings. The molecule has 0 unspecified atom stereocenters. The summed E-state index contributed by atoms with van der Waals surface area (Å²) in [6.45, 7) is 3.75. The second-order valence-electron chi connectivity index (χ2n) is 4.09. The number of rotatable bonds is 5. The number of benzene rings is 2. The van der Waals surface area contributed by atoms with E-state index in [1.54, 1.807) is 0 Å². The molecular weight excluding hydrogens is 326 g/mol. The molecule has 4 heteroatoms. The van der Waals surface area contributed by atoms with Gasteiger partial charge in [-0.1, -0.05) is 46.6 Å². The standard InChI is InChI=1S/C15H15BrClNO/c1-2-18-10-11-6-7-13(17)9-15(11)19-14-5-3-4-12(16)8-14/h3-9,18H,2,10H2,1H3. The van der Waals surface area contributed by atoms with Crippen LogP contribution in [0.4, 0.5) is 0 Å². The van der Waals surface area contributed by atoms with Crippen molar-refractivity contribution in [2.24, 2.45) is 0 Å². The van der Waals surface area contributed by atoms with E-state index in [-0.39, 0.29) is 0 Å². The maximum absolute atomic E-state index is 6.04. The summed E-state index contributed by atoms with van der Waals surface area (Å²) < 4.78 is 6.90.